The van der Waals surface area contributed by atoms with Gasteiger partial charge in [0.25, 0.3) is 0 Å². The minimum atomic E-state index is -4.64. The summed E-state index contributed by atoms with van der Waals surface area (Å²) in [4.78, 5) is 0. The fourth-order valence-electron chi connectivity index (χ4n) is 1.54. The molecule has 7 heteroatoms. The van der Waals surface area contributed by atoms with Crippen LogP contribution in [0.5, 0.6) is 5.88 Å². The molecule has 0 saturated heterocycles. The molecule has 3 nitrogen and oxygen atoms in total. The molecule has 0 aliphatic heterocycles. The molecule has 1 aromatic carbocycles. The van der Waals surface area contributed by atoms with Crippen LogP contribution < -0.4 is 0 Å². The fourth-order valence-corrected chi connectivity index (χ4v) is 1.54. The normalized spacial score (nSPS) is 11.8. The van der Waals surface area contributed by atoms with Crippen molar-refractivity contribution >= 4 is 0 Å². The Kier molecular flexibility index (Phi) is 2.76. The first-order chi connectivity index (χ1) is 8.29. The van der Waals surface area contributed by atoms with Crippen molar-refractivity contribution in [2.75, 3.05) is 0 Å². The van der Waals surface area contributed by atoms with E-state index in [-0.39, 0.29) is 5.69 Å². The lowest BCUT2D eigenvalue weighted by molar-refractivity contribution is -0.141. The molecule has 1 heterocycles. The predicted molar refractivity (Wildman–Crippen MR) is 54.9 cm³/mol. The summed E-state index contributed by atoms with van der Waals surface area (Å²) in [5.41, 5.74) is -0.657. The molecular formula is C11H8F4N2O. The summed E-state index contributed by atoms with van der Waals surface area (Å²) in [6, 6.07) is 3.99. The second-order valence-corrected chi connectivity index (χ2v) is 3.73. The number of rotatable bonds is 1. The van der Waals surface area contributed by atoms with Crippen molar-refractivity contribution in [1.29, 1.82) is 0 Å². The number of nitrogens with zero attached hydrogens (tertiary/aromatic N) is 2. The minimum absolute atomic E-state index is 0.185. The van der Waals surface area contributed by atoms with Gasteiger partial charge in [-0.2, -0.15) is 18.3 Å². The van der Waals surface area contributed by atoms with E-state index in [1.54, 1.807) is 0 Å². The average Bonchev–Trinajstić information content (AvgIpc) is 2.60. The van der Waals surface area contributed by atoms with E-state index >= 15 is 0 Å². The number of alkyl halides is 3. The highest BCUT2D eigenvalue weighted by Gasteiger charge is 2.35. The van der Waals surface area contributed by atoms with E-state index < -0.39 is 23.6 Å². The second-order valence-electron chi connectivity index (χ2n) is 3.73. The van der Waals surface area contributed by atoms with E-state index in [0.29, 0.717) is 11.6 Å². The molecule has 18 heavy (non-hydrogen) atoms. The first kappa shape index (κ1) is 12.4. The summed E-state index contributed by atoms with van der Waals surface area (Å²) in [6.07, 6.45) is -4.64. The van der Waals surface area contributed by atoms with Crippen LogP contribution in [-0.2, 0) is 6.18 Å². The van der Waals surface area contributed by atoms with E-state index in [1.165, 1.54) is 13.0 Å². The monoisotopic (exact) mass is 260 g/mol. The highest BCUT2D eigenvalue weighted by Crippen LogP contribution is 2.32. The summed E-state index contributed by atoms with van der Waals surface area (Å²) in [7, 11) is 0. The van der Waals surface area contributed by atoms with Crippen molar-refractivity contribution in [3.05, 3.63) is 41.3 Å². The lowest BCUT2D eigenvalue weighted by atomic mass is 10.2. The molecule has 0 radical (unpaired) electrons. The van der Waals surface area contributed by atoms with Crippen molar-refractivity contribution in [3.8, 4) is 11.6 Å². The van der Waals surface area contributed by atoms with Gasteiger partial charge in [0, 0.05) is 6.07 Å². The Morgan fingerprint density at radius 3 is 2.39 bits per heavy atom. The number of halogens is 4. The molecule has 0 fully saturated rings. The lowest BCUT2D eigenvalue weighted by Crippen LogP contribution is -2.07. The summed E-state index contributed by atoms with van der Waals surface area (Å²) in [6.45, 7) is 1.51. The quantitative estimate of drug-likeness (QED) is 0.800. The van der Waals surface area contributed by atoms with Crippen molar-refractivity contribution in [2.24, 2.45) is 0 Å². The summed E-state index contributed by atoms with van der Waals surface area (Å²) >= 11 is 0. The number of hydrogen-bond donors (Lipinski definition) is 1. The predicted octanol–water partition coefficient (Wildman–Crippen LogP) is 3.04. The first-order valence-electron chi connectivity index (χ1n) is 4.92. The molecule has 1 N–H and O–H groups in total. The van der Waals surface area contributed by atoms with Crippen molar-refractivity contribution in [3.63, 3.8) is 0 Å². The molecule has 0 bridgehead atoms. The van der Waals surface area contributed by atoms with Crippen LogP contribution in [0.3, 0.4) is 0 Å². The smallest absolute Gasteiger partial charge is 0.435 e. The van der Waals surface area contributed by atoms with E-state index in [0.717, 1.165) is 16.8 Å². The second kappa shape index (κ2) is 4.01. The summed E-state index contributed by atoms with van der Waals surface area (Å²) < 4.78 is 50.8. The maximum Gasteiger partial charge on any atom is 0.435 e. The molecule has 0 saturated carbocycles. The van der Waals surface area contributed by atoms with Crippen LogP contribution in [0.25, 0.3) is 5.69 Å². The van der Waals surface area contributed by atoms with Crippen molar-refractivity contribution in [1.82, 2.24) is 9.78 Å². The highest BCUT2D eigenvalue weighted by molar-refractivity contribution is 5.42. The number of benzene rings is 1. The fraction of sp³-hybridized carbons (Fsp3) is 0.182. The summed E-state index contributed by atoms with van der Waals surface area (Å²) in [5, 5.41) is 12.7. The van der Waals surface area contributed by atoms with Crippen LogP contribution in [0.4, 0.5) is 17.6 Å². The van der Waals surface area contributed by atoms with Crippen molar-refractivity contribution in [2.45, 2.75) is 13.1 Å². The first-order valence-corrected chi connectivity index (χ1v) is 4.92. The molecule has 96 valence electrons. The van der Waals surface area contributed by atoms with Crippen LogP contribution in [0.2, 0.25) is 0 Å². The third kappa shape index (κ3) is 2.15. The van der Waals surface area contributed by atoms with Crippen molar-refractivity contribution < 1.29 is 22.7 Å². The Hall–Kier alpha value is -2.05. The zero-order valence-electron chi connectivity index (χ0n) is 9.16. The maximum absolute atomic E-state index is 12.9. The number of aromatic nitrogens is 2. The van der Waals surface area contributed by atoms with Gasteiger partial charge in [-0.15, -0.1) is 0 Å². The standard InChI is InChI=1S/C11H8F4N2O/c1-6-4-7(12)2-3-8(6)17-10(18)5-9(16-17)11(13,14)15/h2-5,18H,1H3. The maximum atomic E-state index is 12.9. The van der Waals surface area contributed by atoms with Crippen LogP contribution in [0.1, 0.15) is 11.3 Å². The molecule has 0 unspecified atom stereocenters. The molecule has 0 atom stereocenters. The Morgan fingerprint density at radius 1 is 1.22 bits per heavy atom. The lowest BCUT2D eigenvalue weighted by Gasteiger charge is -2.07. The number of hydrogen-bond acceptors (Lipinski definition) is 2. The molecule has 0 spiro atoms. The van der Waals surface area contributed by atoms with Gasteiger partial charge in [-0.1, -0.05) is 0 Å². The van der Waals surface area contributed by atoms with Gasteiger partial charge in [0.05, 0.1) is 5.69 Å². The Bertz CT molecular complexity index is 589. The van der Waals surface area contributed by atoms with E-state index in [9.17, 15) is 22.7 Å². The molecular weight excluding hydrogens is 252 g/mol. The zero-order valence-corrected chi connectivity index (χ0v) is 9.16. The third-order valence-electron chi connectivity index (χ3n) is 2.37. The van der Waals surface area contributed by atoms with E-state index in [4.69, 9.17) is 0 Å². The largest absolute Gasteiger partial charge is 0.493 e. The van der Waals surface area contributed by atoms with Crippen LogP contribution >= 0.6 is 0 Å². The SMILES string of the molecule is Cc1cc(F)ccc1-n1nc(C(F)(F)F)cc1O. The molecule has 2 aromatic rings. The molecule has 0 aliphatic rings. The Balaban J connectivity index is 2.55. The molecule has 1 aromatic heterocycles. The van der Waals surface area contributed by atoms with Gasteiger partial charge < -0.3 is 5.11 Å². The average molecular weight is 260 g/mol. The van der Waals surface area contributed by atoms with Crippen LogP contribution in [-0.4, -0.2) is 14.9 Å². The van der Waals surface area contributed by atoms with Gasteiger partial charge >= 0.3 is 6.18 Å². The van der Waals surface area contributed by atoms with Gasteiger partial charge in [-0.05, 0) is 30.7 Å². The third-order valence-corrected chi connectivity index (χ3v) is 2.37. The van der Waals surface area contributed by atoms with E-state index in [1.807, 2.05) is 0 Å². The summed E-state index contributed by atoms with van der Waals surface area (Å²) in [5.74, 6) is -1.17. The van der Waals surface area contributed by atoms with Gasteiger partial charge in [0.15, 0.2) is 5.69 Å². The van der Waals surface area contributed by atoms with Crippen LogP contribution in [0.15, 0.2) is 24.3 Å². The molecule has 0 amide bonds. The van der Waals surface area contributed by atoms with Gasteiger partial charge in [-0.25, -0.2) is 9.07 Å². The Labute approximate surface area is 99.3 Å². The van der Waals surface area contributed by atoms with Gasteiger partial charge in [0.2, 0.25) is 5.88 Å². The topological polar surface area (TPSA) is 38.0 Å². The van der Waals surface area contributed by atoms with Gasteiger partial charge in [-0.3, -0.25) is 0 Å². The minimum Gasteiger partial charge on any atom is -0.493 e. The number of aryl methyl sites for hydroxylation is 1. The van der Waals surface area contributed by atoms with Gasteiger partial charge in [0.1, 0.15) is 5.82 Å². The zero-order chi connectivity index (χ0) is 13.5. The Morgan fingerprint density at radius 2 is 1.89 bits per heavy atom. The number of aromatic hydroxyl groups is 1. The molecule has 2 rings (SSSR count). The highest BCUT2D eigenvalue weighted by atomic mass is 19.4. The molecule has 0 aliphatic carbocycles. The van der Waals surface area contributed by atoms with Crippen LogP contribution in [0, 0.1) is 12.7 Å². The van der Waals surface area contributed by atoms with E-state index in [2.05, 4.69) is 5.10 Å².